The molecule has 0 N–H and O–H groups in total. The van der Waals surface area contributed by atoms with Crippen molar-refractivity contribution in [1.29, 1.82) is 0 Å². The molecule has 0 spiro atoms. The fourth-order valence-electron chi connectivity index (χ4n) is 7.52. The van der Waals surface area contributed by atoms with Crippen LogP contribution in [-0.2, 0) is 0 Å². The molecule has 5 heteroatoms. The minimum Gasteiger partial charge on any atom is -0.488 e. The van der Waals surface area contributed by atoms with Crippen LogP contribution in [0, 0.1) is 0 Å². The first kappa shape index (κ1) is 39.5. The molecular weight excluding hydrogens is 737 g/mol. The lowest BCUT2D eigenvalue weighted by molar-refractivity contribution is 0.0985. The van der Waals surface area contributed by atoms with Gasteiger partial charge in [-0.25, -0.2) is 0 Å². The maximum atomic E-state index is 12.9. The van der Waals surface area contributed by atoms with Crippen LogP contribution in [0.15, 0.2) is 212 Å². The second-order valence-electron chi connectivity index (χ2n) is 15.4. The van der Waals surface area contributed by atoms with Gasteiger partial charge in [0.1, 0.15) is 22.8 Å². The Balaban J connectivity index is 1.05. The number of nitrogens with zero attached hydrogens (tertiary/aromatic N) is 2. The number of carbonyl (C=O) groups is 1. The fraction of sp³-hybridized carbons (Fsp3) is 0.109. The maximum Gasteiger partial charge on any atom is 0.193 e. The molecule has 60 heavy (non-hydrogen) atoms. The Morgan fingerprint density at radius 3 is 1.17 bits per heavy atom. The van der Waals surface area contributed by atoms with Gasteiger partial charge in [0, 0.05) is 45.3 Å². The second kappa shape index (κ2) is 18.0. The summed E-state index contributed by atoms with van der Waals surface area (Å²) in [5, 5.41) is 0. The van der Waals surface area contributed by atoms with Crippen molar-refractivity contribution in [2.45, 2.75) is 39.2 Å². The van der Waals surface area contributed by atoms with Crippen molar-refractivity contribution in [1.82, 2.24) is 0 Å². The molecule has 296 valence electrons. The molecule has 0 fully saturated rings. The van der Waals surface area contributed by atoms with E-state index in [4.69, 9.17) is 9.47 Å². The predicted molar refractivity (Wildman–Crippen MR) is 247 cm³/mol. The second-order valence-corrected chi connectivity index (χ2v) is 15.4. The Bertz CT molecular complexity index is 2550. The number of ketones is 1. The van der Waals surface area contributed by atoms with E-state index in [1.165, 1.54) is 0 Å². The molecule has 0 aliphatic heterocycles. The quantitative estimate of drug-likeness (QED) is 0.0969. The standard InChI is InChI=1S/C55H48N2O3/c1-4-40-55(2,3)60-53-38-32-50(33-39-53)57(49-30-36-52(37-31-49)59-51-34-24-44(25-35-51)54(58)43-14-8-5-9-15-43)48-28-22-42(23-29-48)41-20-26-47(27-21-41)56(45-16-10-6-11-17-45)46-18-12-7-13-19-46/h5-39H,4,40H2,1-3H3. The number of hydrogen-bond donors (Lipinski definition) is 0. The minimum atomic E-state index is -0.251. The summed E-state index contributed by atoms with van der Waals surface area (Å²) in [4.78, 5) is 17.4. The zero-order chi connectivity index (χ0) is 41.3. The summed E-state index contributed by atoms with van der Waals surface area (Å²) in [5.41, 5.74) is 9.58. The highest BCUT2D eigenvalue weighted by molar-refractivity contribution is 6.09. The minimum absolute atomic E-state index is 0.0178. The van der Waals surface area contributed by atoms with Crippen LogP contribution in [0.5, 0.6) is 17.2 Å². The van der Waals surface area contributed by atoms with Gasteiger partial charge in [-0.2, -0.15) is 0 Å². The van der Waals surface area contributed by atoms with E-state index < -0.39 is 0 Å². The van der Waals surface area contributed by atoms with Crippen LogP contribution >= 0.6 is 0 Å². The summed E-state index contributed by atoms with van der Waals surface area (Å²) in [5.74, 6) is 2.17. The summed E-state index contributed by atoms with van der Waals surface area (Å²) in [6.45, 7) is 6.45. The molecule has 0 amide bonds. The molecule has 8 aromatic rings. The molecule has 8 rings (SSSR count). The van der Waals surface area contributed by atoms with Crippen molar-refractivity contribution >= 4 is 39.9 Å². The van der Waals surface area contributed by atoms with E-state index in [0.29, 0.717) is 22.6 Å². The Hall–Kier alpha value is -7.37. The van der Waals surface area contributed by atoms with Crippen molar-refractivity contribution in [3.05, 3.63) is 223 Å². The molecule has 8 aromatic carbocycles. The number of rotatable bonds is 15. The van der Waals surface area contributed by atoms with Crippen molar-refractivity contribution in [3.63, 3.8) is 0 Å². The van der Waals surface area contributed by atoms with E-state index >= 15 is 0 Å². The van der Waals surface area contributed by atoms with E-state index in [9.17, 15) is 4.79 Å². The van der Waals surface area contributed by atoms with Crippen LogP contribution in [0.3, 0.4) is 0 Å². The molecule has 0 bridgehead atoms. The van der Waals surface area contributed by atoms with E-state index in [0.717, 1.165) is 63.8 Å². The Morgan fingerprint density at radius 2 is 0.750 bits per heavy atom. The SMILES string of the molecule is CCCC(C)(C)Oc1ccc(N(c2ccc(Oc3ccc(C(=O)c4ccccc4)cc3)cc2)c2ccc(-c3ccc(N(c4ccccc4)c4ccccc4)cc3)cc2)cc1. The average Bonchev–Trinajstić information content (AvgIpc) is 3.29. The van der Waals surface area contributed by atoms with Crippen molar-refractivity contribution in [3.8, 4) is 28.4 Å². The lowest BCUT2D eigenvalue weighted by atomic mass is 10.0. The smallest absolute Gasteiger partial charge is 0.193 e. The fourth-order valence-corrected chi connectivity index (χ4v) is 7.52. The number of carbonyl (C=O) groups excluding carboxylic acids is 1. The lowest BCUT2D eigenvalue weighted by Crippen LogP contribution is -2.27. The van der Waals surface area contributed by atoms with E-state index in [1.807, 2.05) is 78.9 Å². The Kier molecular flexibility index (Phi) is 11.9. The highest BCUT2D eigenvalue weighted by atomic mass is 16.5. The Morgan fingerprint density at radius 1 is 0.417 bits per heavy atom. The van der Waals surface area contributed by atoms with Crippen LogP contribution in [0.2, 0.25) is 0 Å². The first-order valence-electron chi connectivity index (χ1n) is 20.5. The Labute approximate surface area is 353 Å². The van der Waals surface area contributed by atoms with Gasteiger partial charge in [-0.15, -0.1) is 0 Å². The number of para-hydroxylation sites is 2. The highest BCUT2D eigenvalue weighted by Crippen LogP contribution is 2.39. The van der Waals surface area contributed by atoms with Gasteiger partial charge in [-0.1, -0.05) is 104 Å². The predicted octanol–water partition coefficient (Wildman–Crippen LogP) is 15.3. The van der Waals surface area contributed by atoms with Gasteiger partial charge in [0.25, 0.3) is 0 Å². The molecule has 0 heterocycles. The van der Waals surface area contributed by atoms with Gasteiger partial charge in [-0.3, -0.25) is 4.79 Å². The molecule has 0 aromatic heterocycles. The normalized spacial score (nSPS) is 11.1. The molecule has 0 aliphatic carbocycles. The monoisotopic (exact) mass is 784 g/mol. The van der Waals surface area contributed by atoms with E-state index in [-0.39, 0.29) is 11.4 Å². The molecular formula is C55H48N2O3. The number of benzene rings is 8. The van der Waals surface area contributed by atoms with Gasteiger partial charge in [0.05, 0.1) is 0 Å². The van der Waals surface area contributed by atoms with Crippen LogP contribution in [-0.4, -0.2) is 11.4 Å². The van der Waals surface area contributed by atoms with Crippen molar-refractivity contribution in [2.75, 3.05) is 9.80 Å². The van der Waals surface area contributed by atoms with Gasteiger partial charge < -0.3 is 19.3 Å². The third-order valence-electron chi connectivity index (χ3n) is 10.4. The molecule has 0 saturated heterocycles. The summed E-state index contributed by atoms with van der Waals surface area (Å²) in [6.07, 6.45) is 2.02. The number of hydrogen-bond acceptors (Lipinski definition) is 5. The van der Waals surface area contributed by atoms with E-state index in [1.54, 1.807) is 12.1 Å². The third kappa shape index (κ3) is 9.33. The average molecular weight is 785 g/mol. The summed E-state index contributed by atoms with van der Waals surface area (Å²) in [6, 6.07) is 71.3. The van der Waals surface area contributed by atoms with Crippen LogP contribution in [0.1, 0.15) is 49.5 Å². The van der Waals surface area contributed by atoms with Crippen molar-refractivity contribution < 1.29 is 14.3 Å². The zero-order valence-corrected chi connectivity index (χ0v) is 34.2. The number of anilines is 6. The van der Waals surface area contributed by atoms with Gasteiger partial charge >= 0.3 is 0 Å². The zero-order valence-electron chi connectivity index (χ0n) is 34.2. The molecule has 0 aliphatic rings. The summed E-state index contributed by atoms with van der Waals surface area (Å²) < 4.78 is 12.6. The van der Waals surface area contributed by atoms with Gasteiger partial charge in [0.15, 0.2) is 5.78 Å². The summed E-state index contributed by atoms with van der Waals surface area (Å²) >= 11 is 0. The third-order valence-corrected chi connectivity index (χ3v) is 10.4. The van der Waals surface area contributed by atoms with Gasteiger partial charge in [0.2, 0.25) is 0 Å². The lowest BCUT2D eigenvalue weighted by Gasteiger charge is -2.28. The number of ether oxygens (including phenoxy) is 2. The first-order valence-corrected chi connectivity index (χ1v) is 20.5. The van der Waals surface area contributed by atoms with Crippen molar-refractivity contribution in [2.24, 2.45) is 0 Å². The molecule has 0 atom stereocenters. The summed E-state index contributed by atoms with van der Waals surface area (Å²) in [7, 11) is 0. The maximum absolute atomic E-state index is 12.9. The van der Waals surface area contributed by atoms with Crippen LogP contribution in [0.4, 0.5) is 34.1 Å². The van der Waals surface area contributed by atoms with Crippen LogP contribution < -0.4 is 19.3 Å². The molecule has 0 saturated carbocycles. The van der Waals surface area contributed by atoms with E-state index in [2.05, 4.69) is 152 Å². The topological polar surface area (TPSA) is 42.0 Å². The molecule has 0 radical (unpaired) electrons. The van der Waals surface area contributed by atoms with Crippen LogP contribution in [0.25, 0.3) is 11.1 Å². The molecule has 0 unspecified atom stereocenters. The molecule has 5 nitrogen and oxygen atoms in total. The van der Waals surface area contributed by atoms with Gasteiger partial charge in [-0.05, 0) is 153 Å². The largest absolute Gasteiger partial charge is 0.488 e. The first-order chi connectivity index (χ1) is 29.3. The highest BCUT2D eigenvalue weighted by Gasteiger charge is 2.20.